The largest absolute Gasteiger partial charge is 0.506 e. The van der Waals surface area contributed by atoms with Crippen LogP contribution in [0.25, 0.3) is 0 Å². The number of amides is 1. The first-order valence-electron chi connectivity index (χ1n) is 6.56. The molecular weight excluding hydrogens is 304 g/mol. The monoisotopic (exact) mass is 317 g/mol. The molecule has 2 aromatic rings. The van der Waals surface area contributed by atoms with E-state index < -0.39 is 16.1 Å². The number of anilines is 1. The number of hydrogen-bond acceptors (Lipinski definition) is 4. The summed E-state index contributed by atoms with van der Waals surface area (Å²) in [4.78, 5) is 11.2. The molecule has 0 atom stereocenters. The molecule has 1 heterocycles. The Labute approximate surface area is 128 Å². The van der Waals surface area contributed by atoms with Gasteiger partial charge in [0.15, 0.2) is 0 Å². The predicted molar refractivity (Wildman–Crippen MR) is 80.6 cm³/mol. The van der Waals surface area contributed by atoms with Crippen LogP contribution in [0.15, 0.2) is 42.5 Å². The summed E-state index contributed by atoms with van der Waals surface area (Å²) in [6.07, 6.45) is 0.568. The molecule has 3 rings (SSSR count). The first-order chi connectivity index (χ1) is 10.5. The number of phenolic OH excluding ortho intramolecular Hbond substituents is 1. The minimum absolute atomic E-state index is 0.0825. The second-order valence-electron chi connectivity index (χ2n) is 4.92. The van der Waals surface area contributed by atoms with E-state index in [9.17, 15) is 18.3 Å². The second kappa shape index (κ2) is 5.34. The van der Waals surface area contributed by atoms with Gasteiger partial charge in [0.25, 0.3) is 5.91 Å². The number of aromatic hydroxyl groups is 1. The fraction of sp³-hybridized carbons (Fsp3) is 0.133. The summed E-state index contributed by atoms with van der Waals surface area (Å²) >= 11 is 0. The van der Waals surface area contributed by atoms with Gasteiger partial charge in [-0.25, -0.2) is 9.03 Å². The number of carbonyl (C=O) groups is 1. The number of nitrogens with zero attached hydrogens (tertiary/aromatic N) is 1. The quantitative estimate of drug-likeness (QED) is 0.883. The molecule has 0 saturated carbocycles. The molecule has 0 unspecified atom stereocenters. The molecule has 1 saturated heterocycles. The molecule has 1 fully saturated rings. The van der Waals surface area contributed by atoms with Crippen molar-refractivity contribution in [3.8, 4) is 5.75 Å². The van der Waals surface area contributed by atoms with Gasteiger partial charge in [0, 0.05) is 0 Å². The highest BCUT2D eigenvalue weighted by atomic mass is 32.2. The van der Waals surface area contributed by atoms with Crippen LogP contribution in [-0.4, -0.2) is 26.0 Å². The van der Waals surface area contributed by atoms with Gasteiger partial charge in [-0.15, -0.1) is 0 Å². The molecule has 2 N–H and O–H groups in total. The van der Waals surface area contributed by atoms with Crippen molar-refractivity contribution in [2.75, 3.05) is 10.8 Å². The van der Waals surface area contributed by atoms with E-state index in [4.69, 9.17) is 0 Å². The third-order valence-electron chi connectivity index (χ3n) is 3.30. The van der Waals surface area contributed by atoms with E-state index in [1.807, 2.05) is 22.9 Å². The highest BCUT2D eigenvalue weighted by molar-refractivity contribution is 7.92. The van der Waals surface area contributed by atoms with E-state index in [0.717, 1.165) is 15.4 Å². The molecule has 0 aromatic heterocycles. The third-order valence-corrected chi connectivity index (χ3v) is 4.69. The molecule has 0 spiro atoms. The molecule has 0 bridgehead atoms. The molecular formula is C15H13N2O4S. The zero-order chi connectivity index (χ0) is 15.7. The fourth-order valence-corrected chi connectivity index (χ4v) is 3.47. The summed E-state index contributed by atoms with van der Waals surface area (Å²) in [6.45, 7) is -0.332. The zero-order valence-electron chi connectivity index (χ0n) is 11.5. The van der Waals surface area contributed by atoms with Crippen LogP contribution in [0.1, 0.15) is 11.1 Å². The van der Waals surface area contributed by atoms with Crippen LogP contribution in [0.5, 0.6) is 5.75 Å². The van der Waals surface area contributed by atoms with Gasteiger partial charge in [0.2, 0.25) is 0 Å². The van der Waals surface area contributed by atoms with Gasteiger partial charge in [-0.2, -0.15) is 8.42 Å². The van der Waals surface area contributed by atoms with Crippen molar-refractivity contribution in [2.45, 2.75) is 6.42 Å². The topological polar surface area (TPSA) is 86.7 Å². The lowest BCUT2D eigenvalue weighted by molar-refractivity contribution is -0.117. The number of rotatable bonds is 3. The number of benzene rings is 2. The van der Waals surface area contributed by atoms with Crippen molar-refractivity contribution in [2.24, 2.45) is 0 Å². The molecule has 1 aliphatic rings. The summed E-state index contributed by atoms with van der Waals surface area (Å²) in [6, 6.07) is 15.3. The molecule has 7 heteroatoms. The molecule has 1 radical (unpaired) electrons. The fourth-order valence-electron chi connectivity index (χ4n) is 2.31. The van der Waals surface area contributed by atoms with Crippen molar-refractivity contribution in [1.29, 1.82) is 0 Å². The van der Waals surface area contributed by atoms with Gasteiger partial charge in [-0.1, -0.05) is 30.3 Å². The average Bonchev–Trinajstić information content (AvgIpc) is 2.73. The van der Waals surface area contributed by atoms with E-state index in [1.54, 1.807) is 12.1 Å². The van der Waals surface area contributed by atoms with Crippen molar-refractivity contribution >= 4 is 21.8 Å². The van der Waals surface area contributed by atoms with Gasteiger partial charge in [-0.05, 0) is 35.7 Å². The SMILES string of the molecule is O=C1CN(c2ccc(Cc3[c]cccc3)cc2O)S(=O)(=O)N1. The standard InChI is InChI=1S/C15H13N2O4S/c18-14-9-12(8-11-4-2-1-3-5-11)6-7-13(14)17-10-15(19)16-22(17,20)21/h1-4,6-7,9,18H,8,10H2,(H,16,19). The van der Waals surface area contributed by atoms with Crippen LogP contribution in [0.4, 0.5) is 5.69 Å². The Morgan fingerprint density at radius 3 is 2.68 bits per heavy atom. The van der Waals surface area contributed by atoms with Crippen LogP contribution in [0, 0.1) is 6.07 Å². The van der Waals surface area contributed by atoms with Crippen LogP contribution in [0.2, 0.25) is 0 Å². The lowest BCUT2D eigenvalue weighted by Gasteiger charge is -2.16. The molecule has 113 valence electrons. The average molecular weight is 317 g/mol. The molecule has 2 aromatic carbocycles. The Hall–Kier alpha value is -2.54. The van der Waals surface area contributed by atoms with Crippen molar-refractivity contribution < 1.29 is 18.3 Å². The lowest BCUT2D eigenvalue weighted by Crippen LogP contribution is -2.29. The smallest absolute Gasteiger partial charge is 0.326 e. The van der Waals surface area contributed by atoms with Crippen LogP contribution in [0.3, 0.4) is 0 Å². The summed E-state index contributed by atoms with van der Waals surface area (Å²) in [7, 11) is -3.92. The molecule has 1 aliphatic heterocycles. The maximum atomic E-state index is 11.8. The number of phenols is 1. The normalized spacial score (nSPS) is 16.5. The Kier molecular flexibility index (Phi) is 3.50. The van der Waals surface area contributed by atoms with E-state index in [1.165, 1.54) is 12.1 Å². The first-order valence-corrected chi connectivity index (χ1v) is 8.00. The van der Waals surface area contributed by atoms with Gasteiger partial charge in [0.05, 0.1) is 5.69 Å². The van der Waals surface area contributed by atoms with Crippen molar-refractivity contribution in [1.82, 2.24) is 4.72 Å². The van der Waals surface area contributed by atoms with Crippen molar-refractivity contribution in [3.63, 3.8) is 0 Å². The molecule has 6 nitrogen and oxygen atoms in total. The minimum atomic E-state index is -3.92. The van der Waals surface area contributed by atoms with E-state index in [0.29, 0.717) is 6.42 Å². The van der Waals surface area contributed by atoms with Gasteiger partial charge in [-0.3, -0.25) is 4.79 Å². The summed E-state index contributed by atoms with van der Waals surface area (Å²) < 4.78 is 26.3. The molecule has 0 aliphatic carbocycles. The maximum Gasteiger partial charge on any atom is 0.326 e. The number of carbonyl (C=O) groups excluding carboxylic acids is 1. The summed E-state index contributed by atoms with van der Waals surface area (Å²) in [5, 5.41) is 10.1. The Bertz CT molecular complexity index is 819. The van der Waals surface area contributed by atoms with Gasteiger partial charge >= 0.3 is 10.2 Å². The van der Waals surface area contributed by atoms with Crippen molar-refractivity contribution in [3.05, 3.63) is 59.7 Å². The molecule has 1 amide bonds. The summed E-state index contributed by atoms with van der Waals surface area (Å²) in [5.74, 6) is -0.809. The van der Waals surface area contributed by atoms with E-state index in [2.05, 4.69) is 6.07 Å². The lowest BCUT2D eigenvalue weighted by atomic mass is 10.0. The van der Waals surface area contributed by atoms with Crippen LogP contribution in [-0.2, 0) is 21.4 Å². The molecule has 22 heavy (non-hydrogen) atoms. The predicted octanol–water partition coefficient (Wildman–Crippen LogP) is 0.964. The van der Waals surface area contributed by atoms with Crippen LogP contribution < -0.4 is 9.03 Å². The van der Waals surface area contributed by atoms with Gasteiger partial charge in [0.1, 0.15) is 12.3 Å². The Morgan fingerprint density at radius 1 is 1.27 bits per heavy atom. The number of nitrogens with one attached hydrogen (secondary N) is 1. The zero-order valence-corrected chi connectivity index (χ0v) is 12.3. The first kappa shape index (κ1) is 14.4. The Morgan fingerprint density at radius 2 is 2.09 bits per heavy atom. The van der Waals surface area contributed by atoms with E-state index >= 15 is 0 Å². The highest BCUT2D eigenvalue weighted by Crippen LogP contribution is 2.31. The highest BCUT2D eigenvalue weighted by Gasteiger charge is 2.35. The Balaban J connectivity index is 1.89. The van der Waals surface area contributed by atoms with Crippen LogP contribution >= 0.6 is 0 Å². The minimum Gasteiger partial charge on any atom is -0.506 e. The maximum absolute atomic E-state index is 11.8. The van der Waals surface area contributed by atoms with Gasteiger partial charge < -0.3 is 5.11 Å². The second-order valence-corrected chi connectivity index (χ2v) is 6.52. The summed E-state index contributed by atoms with van der Waals surface area (Å²) in [5.41, 5.74) is 1.86. The van der Waals surface area contributed by atoms with E-state index in [-0.39, 0.29) is 18.0 Å². The number of hydrogen-bond donors (Lipinski definition) is 2. The third kappa shape index (κ3) is 2.75.